The van der Waals surface area contributed by atoms with Gasteiger partial charge < -0.3 is 0 Å². The molecule has 0 bridgehead atoms. The van der Waals surface area contributed by atoms with Crippen molar-refractivity contribution in [2.24, 2.45) is 0 Å². The monoisotopic (exact) mass is 305 g/mol. The van der Waals surface area contributed by atoms with Crippen LogP contribution in [-0.2, 0) is 13.0 Å². The van der Waals surface area contributed by atoms with Gasteiger partial charge in [0.05, 0.1) is 0 Å². The number of hydrogen-bond donors (Lipinski definition) is 0. The number of benzene rings is 1. The van der Waals surface area contributed by atoms with E-state index in [4.69, 9.17) is 11.6 Å². The van der Waals surface area contributed by atoms with Gasteiger partial charge in [0.2, 0.25) is 0 Å². The third kappa shape index (κ3) is 2.78. The van der Waals surface area contributed by atoms with E-state index < -0.39 is 0 Å². The minimum atomic E-state index is 0.446. The highest BCUT2D eigenvalue weighted by molar-refractivity contribution is 7.10. The summed E-state index contributed by atoms with van der Waals surface area (Å²) in [7, 11) is 0. The highest BCUT2D eigenvalue weighted by Crippen LogP contribution is 2.35. The maximum absolute atomic E-state index is 6.43. The normalized spacial score (nSPS) is 16.9. The van der Waals surface area contributed by atoms with Crippen molar-refractivity contribution in [3.8, 4) is 0 Å². The summed E-state index contributed by atoms with van der Waals surface area (Å²) < 4.78 is 0. The zero-order valence-corrected chi connectivity index (χ0v) is 13.4. The van der Waals surface area contributed by atoms with Crippen LogP contribution in [0.4, 0.5) is 0 Å². The van der Waals surface area contributed by atoms with Crippen LogP contribution in [0.3, 0.4) is 0 Å². The molecule has 0 aliphatic carbocycles. The van der Waals surface area contributed by atoms with E-state index in [0.717, 1.165) is 18.1 Å². The molecule has 0 saturated carbocycles. The van der Waals surface area contributed by atoms with Crippen LogP contribution in [0.2, 0.25) is 5.02 Å². The van der Waals surface area contributed by atoms with Crippen molar-refractivity contribution in [2.75, 3.05) is 6.54 Å². The Balaban J connectivity index is 1.87. The Hall–Kier alpha value is -0.830. The van der Waals surface area contributed by atoms with Gasteiger partial charge in [0.15, 0.2) is 0 Å². The largest absolute Gasteiger partial charge is 0.292 e. The molecule has 0 saturated heterocycles. The number of nitrogens with zero attached hydrogens (tertiary/aromatic N) is 1. The Morgan fingerprint density at radius 2 is 2.15 bits per heavy atom. The fraction of sp³-hybridized carbons (Fsp3) is 0.412. The molecule has 106 valence electrons. The van der Waals surface area contributed by atoms with Crippen LogP contribution < -0.4 is 0 Å². The molecule has 1 aliphatic rings. The van der Waals surface area contributed by atoms with E-state index in [2.05, 4.69) is 35.4 Å². The number of thiophene rings is 1. The van der Waals surface area contributed by atoms with Gasteiger partial charge >= 0.3 is 0 Å². The number of fused-ring (bicyclic) bond motifs is 1. The van der Waals surface area contributed by atoms with Gasteiger partial charge in [-0.05, 0) is 41.5 Å². The number of rotatable bonds is 4. The lowest BCUT2D eigenvalue weighted by atomic mass is 9.97. The van der Waals surface area contributed by atoms with Gasteiger partial charge in [0.25, 0.3) is 0 Å². The first-order valence-corrected chi connectivity index (χ1v) is 8.59. The van der Waals surface area contributed by atoms with E-state index in [9.17, 15) is 0 Å². The molecular weight excluding hydrogens is 286 g/mol. The van der Waals surface area contributed by atoms with Crippen molar-refractivity contribution in [2.45, 2.75) is 38.8 Å². The van der Waals surface area contributed by atoms with Crippen molar-refractivity contribution in [1.29, 1.82) is 0 Å². The number of hydrogen-bond acceptors (Lipinski definition) is 2. The quantitative estimate of drug-likeness (QED) is 0.741. The standard InChI is InChI=1S/C17H20ClNS/c1-2-5-16(14-6-3-4-7-15(14)18)19-10-8-17-13(12-19)9-11-20-17/h3-4,6-7,9,11,16H,2,5,8,10,12H2,1H3. The molecule has 3 rings (SSSR count). The summed E-state index contributed by atoms with van der Waals surface area (Å²) >= 11 is 8.33. The second-order valence-corrected chi connectivity index (χ2v) is 6.82. The van der Waals surface area contributed by atoms with E-state index in [1.807, 2.05) is 23.5 Å². The maximum atomic E-state index is 6.43. The molecule has 2 heterocycles. The van der Waals surface area contributed by atoms with E-state index in [0.29, 0.717) is 6.04 Å². The highest BCUT2D eigenvalue weighted by atomic mass is 35.5. The van der Waals surface area contributed by atoms with E-state index in [1.54, 1.807) is 4.88 Å². The van der Waals surface area contributed by atoms with Crippen LogP contribution in [0.5, 0.6) is 0 Å². The summed E-state index contributed by atoms with van der Waals surface area (Å²) in [6.07, 6.45) is 3.53. The predicted octanol–water partition coefficient (Wildman–Crippen LogP) is 5.30. The first-order valence-electron chi connectivity index (χ1n) is 7.33. The summed E-state index contributed by atoms with van der Waals surface area (Å²) in [5.41, 5.74) is 2.80. The Morgan fingerprint density at radius 1 is 1.30 bits per heavy atom. The van der Waals surface area contributed by atoms with Gasteiger partial charge in [-0.15, -0.1) is 11.3 Å². The SMILES string of the molecule is CCCC(c1ccccc1Cl)N1CCc2sccc2C1. The van der Waals surface area contributed by atoms with Crippen LogP contribution in [0.1, 0.15) is 41.8 Å². The average Bonchev–Trinajstić information content (AvgIpc) is 2.93. The zero-order chi connectivity index (χ0) is 13.9. The van der Waals surface area contributed by atoms with Crippen molar-refractivity contribution >= 4 is 22.9 Å². The smallest absolute Gasteiger partial charge is 0.0453 e. The van der Waals surface area contributed by atoms with E-state index in [1.165, 1.54) is 30.4 Å². The van der Waals surface area contributed by atoms with Crippen molar-refractivity contribution in [1.82, 2.24) is 4.90 Å². The van der Waals surface area contributed by atoms with Gasteiger partial charge in [-0.2, -0.15) is 0 Å². The molecule has 1 aromatic heterocycles. The topological polar surface area (TPSA) is 3.24 Å². The number of halogens is 1. The van der Waals surface area contributed by atoms with Crippen molar-refractivity contribution in [3.63, 3.8) is 0 Å². The first kappa shape index (κ1) is 14.1. The maximum Gasteiger partial charge on any atom is 0.0453 e. The second kappa shape index (κ2) is 6.30. The molecule has 0 spiro atoms. The van der Waals surface area contributed by atoms with Gasteiger partial charge in [-0.3, -0.25) is 4.90 Å². The highest BCUT2D eigenvalue weighted by Gasteiger charge is 2.25. The average molecular weight is 306 g/mol. The molecule has 20 heavy (non-hydrogen) atoms. The van der Waals surface area contributed by atoms with E-state index >= 15 is 0 Å². The summed E-state index contributed by atoms with van der Waals surface area (Å²) in [5.74, 6) is 0. The molecular formula is C17H20ClNS. The summed E-state index contributed by atoms with van der Waals surface area (Å²) in [5, 5.41) is 3.13. The molecule has 0 radical (unpaired) electrons. The lowest BCUT2D eigenvalue weighted by Crippen LogP contribution is -2.33. The fourth-order valence-electron chi connectivity index (χ4n) is 3.09. The van der Waals surface area contributed by atoms with Crippen LogP contribution in [0.25, 0.3) is 0 Å². The lowest BCUT2D eigenvalue weighted by molar-refractivity contribution is 0.170. The van der Waals surface area contributed by atoms with Crippen LogP contribution in [0.15, 0.2) is 35.7 Å². The predicted molar refractivity (Wildman–Crippen MR) is 87.5 cm³/mol. The van der Waals surface area contributed by atoms with Crippen molar-refractivity contribution in [3.05, 3.63) is 56.7 Å². The Kier molecular flexibility index (Phi) is 4.45. The Bertz CT molecular complexity index is 578. The summed E-state index contributed by atoms with van der Waals surface area (Å²) in [4.78, 5) is 4.16. The fourth-order valence-corrected chi connectivity index (χ4v) is 4.24. The van der Waals surface area contributed by atoms with Gasteiger partial charge in [-0.1, -0.05) is 43.1 Å². The van der Waals surface area contributed by atoms with Gasteiger partial charge in [0, 0.05) is 29.0 Å². The van der Waals surface area contributed by atoms with Crippen LogP contribution in [-0.4, -0.2) is 11.4 Å². The summed E-state index contributed by atoms with van der Waals surface area (Å²) in [6, 6.07) is 11.0. The summed E-state index contributed by atoms with van der Waals surface area (Å²) in [6.45, 7) is 4.46. The van der Waals surface area contributed by atoms with Gasteiger partial charge in [0.1, 0.15) is 0 Å². The van der Waals surface area contributed by atoms with Crippen molar-refractivity contribution < 1.29 is 0 Å². The Morgan fingerprint density at radius 3 is 2.95 bits per heavy atom. The third-order valence-electron chi connectivity index (χ3n) is 4.10. The minimum Gasteiger partial charge on any atom is -0.292 e. The molecule has 0 N–H and O–H groups in total. The molecule has 3 heteroatoms. The van der Waals surface area contributed by atoms with Gasteiger partial charge in [-0.25, -0.2) is 0 Å². The molecule has 1 aliphatic heterocycles. The molecule has 1 nitrogen and oxygen atoms in total. The molecule has 1 atom stereocenters. The molecule has 2 aromatic rings. The molecule has 0 amide bonds. The molecule has 0 fully saturated rings. The molecule has 1 aromatic carbocycles. The lowest BCUT2D eigenvalue weighted by Gasteiger charge is -2.35. The third-order valence-corrected chi connectivity index (χ3v) is 5.47. The Labute approximate surface area is 130 Å². The van der Waals surface area contributed by atoms with Crippen LogP contribution >= 0.6 is 22.9 Å². The molecule has 1 unspecified atom stereocenters. The van der Waals surface area contributed by atoms with E-state index in [-0.39, 0.29) is 0 Å². The first-order chi connectivity index (χ1) is 9.79. The zero-order valence-electron chi connectivity index (χ0n) is 11.8. The second-order valence-electron chi connectivity index (χ2n) is 5.42. The minimum absolute atomic E-state index is 0.446. The van der Waals surface area contributed by atoms with Crippen LogP contribution in [0, 0.1) is 0 Å².